The molecule has 1 aliphatic rings. The highest BCUT2D eigenvalue weighted by Crippen LogP contribution is 2.21. The normalized spacial score (nSPS) is 23.0. The molecule has 116 valence electrons. The van der Waals surface area contributed by atoms with Crippen LogP contribution in [0.2, 0.25) is 0 Å². The van der Waals surface area contributed by atoms with Crippen molar-refractivity contribution in [3.63, 3.8) is 0 Å². The summed E-state index contributed by atoms with van der Waals surface area (Å²) in [6.45, 7) is 7.37. The van der Waals surface area contributed by atoms with E-state index in [1.165, 1.54) is 12.8 Å². The lowest BCUT2D eigenvalue weighted by molar-refractivity contribution is -0.136. The van der Waals surface area contributed by atoms with Gasteiger partial charge in [0, 0.05) is 19.1 Å². The highest BCUT2D eigenvalue weighted by Gasteiger charge is 2.22. The summed E-state index contributed by atoms with van der Waals surface area (Å²) < 4.78 is 5.76. The number of ether oxygens (including phenoxy) is 1. The lowest BCUT2D eigenvalue weighted by atomic mass is 9.95. The molecule has 1 fully saturated rings. The van der Waals surface area contributed by atoms with E-state index in [1.54, 1.807) is 0 Å². The van der Waals surface area contributed by atoms with Gasteiger partial charge in [-0.2, -0.15) is 0 Å². The van der Waals surface area contributed by atoms with Crippen molar-refractivity contribution in [2.24, 2.45) is 5.92 Å². The molecule has 1 heterocycles. The van der Waals surface area contributed by atoms with Gasteiger partial charge < -0.3 is 9.84 Å². The number of carbonyl (C=O) groups is 1. The van der Waals surface area contributed by atoms with Crippen LogP contribution >= 0.6 is 0 Å². The molecule has 0 bridgehead atoms. The predicted molar refractivity (Wildman–Crippen MR) is 82.7 cm³/mol. The second-order valence-electron chi connectivity index (χ2n) is 6.09. The zero-order chi connectivity index (χ0) is 15.2. The Morgan fingerprint density at radius 3 is 2.67 bits per heavy atom. The number of likely N-dealkylation sites (tertiary alicyclic amines) is 1. The van der Waals surface area contributed by atoms with Crippen LogP contribution in [0.1, 0.15) is 32.3 Å². The van der Waals surface area contributed by atoms with Crippen molar-refractivity contribution in [1.29, 1.82) is 0 Å². The summed E-state index contributed by atoms with van der Waals surface area (Å²) in [5, 5.41) is 8.73. The van der Waals surface area contributed by atoms with Crippen molar-refractivity contribution < 1.29 is 14.6 Å². The van der Waals surface area contributed by atoms with Crippen LogP contribution in [0.4, 0.5) is 0 Å². The molecule has 1 aromatic carbocycles. The number of aliphatic carboxylic acids is 1. The number of nitrogens with zero attached hydrogens (tertiary/aromatic N) is 1. The van der Waals surface area contributed by atoms with Gasteiger partial charge in [-0.3, -0.25) is 9.69 Å². The zero-order valence-electron chi connectivity index (χ0n) is 12.9. The maximum atomic E-state index is 10.6. The SMILES string of the molecule is CC1CCC(C)N(CCOc2ccc(CC(=O)O)cc2)C1. The van der Waals surface area contributed by atoms with Crippen LogP contribution in [0.5, 0.6) is 5.75 Å². The molecule has 0 spiro atoms. The van der Waals surface area contributed by atoms with Gasteiger partial charge in [0.2, 0.25) is 0 Å². The Morgan fingerprint density at radius 1 is 1.29 bits per heavy atom. The third-order valence-corrected chi connectivity index (χ3v) is 4.17. The number of hydrogen-bond acceptors (Lipinski definition) is 3. The number of hydrogen-bond donors (Lipinski definition) is 1. The largest absolute Gasteiger partial charge is 0.492 e. The number of carboxylic acids is 1. The summed E-state index contributed by atoms with van der Waals surface area (Å²) in [6, 6.07) is 7.97. The van der Waals surface area contributed by atoms with E-state index in [9.17, 15) is 4.79 Å². The third-order valence-electron chi connectivity index (χ3n) is 4.17. The monoisotopic (exact) mass is 291 g/mol. The van der Waals surface area contributed by atoms with E-state index in [0.29, 0.717) is 12.6 Å². The van der Waals surface area contributed by atoms with Crippen LogP contribution < -0.4 is 4.74 Å². The summed E-state index contributed by atoms with van der Waals surface area (Å²) >= 11 is 0. The van der Waals surface area contributed by atoms with E-state index < -0.39 is 5.97 Å². The highest BCUT2D eigenvalue weighted by molar-refractivity contribution is 5.70. The molecular weight excluding hydrogens is 266 g/mol. The molecule has 4 nitrogen and oxygen atoms in total. The van der Waals surface area contributed by atoms with Crippen LogP contribution in [-0.4, -0.2) is 41.7 Å². The Labute approximate surface area is 126 Å². The zero-order valence-corrected chi connectivity index (χ0v) is 12.9. The standard InChI is InChI=1S/C17H25NO3/c1-13-3-4-14(2)18(12-13)9-10-21-16-7-5-15(6-8-16)11-17(19)20/h5-8,13-14H,3-4,9-12H2,1-2H3,(H,19,20). The maximum Gasteiger partial charge on any atom is 0.307 e. The first-order valence-corrected chi connectivity index (χ1v) is 7.72. The summed E-state index contributed by atoms with van der Waals surface area (Å²) in [4.78, 5) is 13.1. The summed E-state index contributed by atoms with van der Waals surface area (Å²) in [5.74, 6) is 0.773. The number of rotatable bonds is 6. The van der Waals surface area contributed by atoms with Crippen LogP contribution in [0, 0.1) is 5.92 Å². The van der Waals surface area contributed by atoms with E-state index >= 15 is 0 Å². The van der Waals surface area contributed by atoms with Crippen molar-refractivity contribution in [1.82, 2.24) is 4.90 Å². The first-order valence-electron chi connectivity index (χ1n) is 7.72. The van der Waals surface area contributed by atoms with Crippen molar-refractivity contribution in [2.45, 2.75) is 39.2 Å². The van der Waals surface area contributed by atoms with Gasteiger partial charge in [0.05, 0.1) is 6.42 Å². The molecule has 2 rings (SSSR count). The fraction of sp³-hybridized carbons (Fsp3) is 0.588. The molecule has 0 amide bonds. The Morgan fingerprint density at radius 2 is 2.00 bits per heavy atom. The quantitative estimate of drug-likeness (QED) is 0.875. The molecule has 1 aliphatic heterocycles. The lowest BCUT2D eigenvalue weighted by Gasteiger charge is -2.36. The molecule has 2 unspecified atom stereocenters. The maximum absolute atomic E-state index is 10.6. The Kier molecular flexibility index (Phi) is 5.62. The second kappa shape index (κ2) is 7.46. The molecule has 1 N–H and O–H groups in total. The average molecular weight is 291 g/mol. The second-order valence-corrected chi connectivity index (χ2v) is 6.09. The number of benzene rings is 1. The molecule has 4 heteroatoms. The molecule has 1 aromatic rings. The minimum Gasteiger partial charge on any atom is -0.492 e. The van der Waals surface area contributed by atoms with Crippen LogP contribution in [0.15, 0.2) is 24.3 Å². The minimum atomic E-state index is -0.808. The summed E-state index contributed by atoms with van der Waals surface area (Å²) in [7, 11) is 0. The fourth-order valence-corrected chi connectivity index (χ4v) is 2.85. The van der Waals surface area contributed by atoms with Gasteiger partial charge in [-0.05, 0) is 43.4 Å². The van der Waals surface area contributed by atoms with Gasteiger partial charge in [-0.1, -0.05) is 19.1 Å². The molecule has 1 saturated heterocycles. The first kappa shape index (κ1) is 15.8. The van der Waals surface area contributed by atoms with Crippen LogP contribution in [0.3, 0.4) is 0 Å². The number of piperidine rings is 1. The van der Waals surface area contributed by atoms with E-state index in [1.807, 2.05) is 24.3 Å². The Balaban J connectivity index is 1.76. The van der Waals surface area contributed by atoms with Gasteiger partial charge in [0.15, 0.2) is 0 Å². The van der Waals surface area contributed by atoms with E-state index in [-0.39, 0.29) is 6.42 Å². The predicted octanol–water partition coefficient (Wildman–Crippen LogP) is 2.81. The molecule has 0 aromatic heterocycles. The Hall–Kier alpha value is -1.55. The summed E-state index contributed by atoms with van der Waals surface area (Å²) in [6.07, 6.45) is 2.65. The van der Waals surface area contributed by atoms with Gasteiger partial charge >= 0.3 is 5.97 Å². The van der Waals surface area contributed by atoms with Gasteiger partial charge in [-0.15, -0.1) is 0 Å². The smallest absolute Gasteiger partial charge is 0.307 e. The first-order chi connectivity index (χ1) is 10.0. The highest BCUT2D eigenvalue weighted by atomic mass is 16.5. The molecule has 0 aliphatic carbocycles. The average Bonchev–Trinajstić information content (AvgIpc) is 2.44. The summed E-state index contributed by atoms with van der Waals surface area (Å²) in [5.41, 5.74) is 0.799. The molecule has 0 radical (unpaired) electrons. The fourth-order valence-electron chi connectivity index (χ4n) is 2.85. The molecular formula is C17H25NO3. The van der Waals surface area contributed by atoms with Gasteiger partial charge in [0.1, 0.15) is 12.4 Å². The van der Waals surface area contributed by atoms with Gasteiger partial charge in [0.25, 0.3) is 0 Å². The molecule has 21 heavy (non-hydrogen) atoms. The number of carboxylic acid groups (broad SMARTS) is 1. The lowest BCUT2D eigenvalue weighted by Crippen LogP contribution is -2.43. The Bertz CT molecular complexity index is 458. The van der Waals surface area contributed by atoms with E-state index in [2.05, 4.69) is 18.7 Å². The van der Waals surface area contributed by atoms with Crippen LogP contribution in [0.25, 0.3) is 0 Å². The third kappa shape index (κ3) is 5.05. The van der Waals surface area contributed by atoms with Crippen molar-refractivity contribution in [3.05, 3.63) is 29.8 Å². The molecule has 0 saturated carbocycles. The van der Waals surface area contributed by atoms with Crippen molar-refractivity contribution >= 4 is 5.97 Å². The van der Waals surface area contributed by atoms with Crippen LogP contribution in [-0.2, 0) is 11.2 Å². The van der Waals surface area contributed by atoms with Gasteiger partial charge in [-0.25, -0.2) is 0 Å². The topological polar surface area (TPSA) is 49.8 Å². The molecule has 2 atom stereocenters. The van der Waals surface area contributed by atoms with Crippen molar-refractivity contribution in [2.75, 3.05) is 19.7 Å². The minimum absolute atomic E-state index is 0.0590. The van der Waals surface area contributed by atoms with Crippen molar-refractivity contribution in [3.8, 4) is 5.75 Å². The van der Waals surface area contributed by atoms with E-state index in [4.69, 9.17) is 9.84 Å². The van der Waals surface area contributed by atoms with E-state index in [0.717, 1.165) is 30.3 Å².